The Balaban J connectivity index is 2.00. The number of methoxy groups -OCH3 is 4. The number of nitrogens with one attached hydrogen (secondary N) is 2. The Morgan fingerprint density at radius 2 is 1.68 bits per heavy atom. The first kappa shape index (κ1) is 19.4. The summed E-state index contributed by atoms with van der Waals surface area (Å²) in [5, 5.41) is 4.04. The van der Waals surface area contributed by atoms with E-state index in [0.717, 1.165) is 22.4 Å². The van der Waals surface area contributed by atoms with Crippen LogP contribution >= 0.6 is 0 Å². The average molecular weight is 384 g/mol. The molecule has 2 aromatic carbocycles. The molecule has 3 aromatic rings. The minimum atomic E-state index is -0.180. The van der Waals surface area contributed by atoms with Crippen LogP contribution in [0.4, 0.5) is 5.69 Å². The van der Waals surface area contributed by atoms with Gasteiger partial charge in [0.25, 0.3) is 5.56 Å². The third kappa shape index (κ3) is 3.55. The molecule has 148 valence electrons. The number of hydrogen-bond donors (Lipinski definition) is 2. The van der Waals surface area contributed by atoms with Crippen LogP contribution in [0.5, 0.6) is 23.0 Å². The molecule has 0 bridgehead atoms. The number of H-pyrrole nitrogens is 1. The van der Waals surface area contributed by atoms with E-state index in [-0.39, 0.29) is 5.56 Å². The quantitative estimate of drug-likeness (QED) is 0.649. The van der Waals surface area contributed by atoms with Gasteiger partial charge in [0.15, 0.2) is 11.5 Å². The van der Waals surface area contributed by atoms with E-state index in [1.165, 1.54) is 7.11 Å². The van der Waals surface area contributed by atoms with Crippen LogP contribution in [-0.4, -0.2) is 33.4 Å². The molecule has 0 aliphatic rings. The monoisotopic (exact) mass is 384 g/mol. The molecule has 0 spiro atoms. The van der Waals surface area contributed by atoms with E-state index in [1.54, 1.807) is 33.5 Å². The summed E-state index contributed by atoms with van der Waals surface area (Å²) in [6.07, 6.45) is 0. The molecule has 0 radical (unpaired) electrons. The molecule has 0 unspecified atom stereocenters. The van der Waals surface area contributed by atoms with Crippen molar-refractivity contribution in [1.29, 1.82) is 0 Å². The molecule has 7 nitrogen and oxygen atoms in total. The van der Waals surface area contributed by atoms with Crippen molar-refractivity contribution >= 4 is 16.6 Å². The van der Waals surface area contributed by atoms with Gasteiger partial charge >= 0.3 is 0 Å². The summed E-state index contributed by atoms with van der Waals surface area (Å²) >= 11 is 0. The number of ether oxygens (including phenoxy) is 4. The Labute approximate surface area is 163 Å². The molecule has 28 heavy (non-hydrogen) atoms. The van der Waals surface area contributed by atoms with Gasteiger partial charge in [0.05, 0.1) is 34.0 Å². The van der Waals surface area contributed by atoms with Crippen molar-refractivity contribution in [3.63, 3.8) is 0 Å². The third-order valence-corrected chi connectivity index (χ3v) is 4.63. The predicted octanol–water partition coefficient (Wildman–Crippen LogP) is 3.48. The highest BCUT2D eigenvalue weighted by Crippen LogP contribution is 2.42. The van der Waals surface area contributed by atoms with Crippen LogP contribution in [0.3, 0.4) is 0 Å². The molecule has 2 N–H and O–H groups in total. The first-order valence-electron chi connectivity index (χ1n) is 8.75. The second-order valence-electron chi connectivity index (χ2n) is 6.26. The normalized spacial score (nSPS) is 10.6. The molecule has 1 heterocycles. The number of fused-ring (bicyclic) bond motifs is 1. The zero-order valence-corrected chi connectivity index (χ0v) is 16.6. The topological polar surface area (TPSA) is 81.8 Å². The van der Waals surface area contributed by atoms with E-state index < -0.39 is 0 Å². The smallest absolute Gasteiger partial charge is 0.253 e. The summed E-state index contributed by atoms with van der Waals surface area (Å²) in [7, 11) is 6.27. The van der Waals surface area contributed by atoms with Gasteiger partial charge in [-0.25, -0.2) is 0 Å². The minimum absolute atomic E-state index is 0.180. The van der Waals surface area contributed by atoms with E-state index in [9.17, 15) is 4.79 Å². The fraction of sp³-hybridized carbons (Fsp3) is 0.286. The number of pyridine rings is 1. The minimum Gasteiger partial charge on any atom is -0.497 e. The van der Waals surface area contributed by atoms with Crippen LogP contribution in [0.15, 0.2) is 35.1 Å². The molecule has 0 atom stereocenters. The maximum atomic E-state index is 12.6. The van der Waals surface area contributed by atoms with Gasteiger partial charge in [0, 0.05) is 29.2 Å². The zero-order valence-electron chi connectivity index (χ0n) is 16.6. The highest BCUT2D eigenvalue weighted by Gasteiger charge is 2.17. The highest BCUT2D eigenvalue weighted by molar-refractivity contribution is 5.90. The van der Waals surface area contributed by atoms with E-state index in [2.05, 4.69) is 10.3 Å². The van der Waals surface area contributed by atoms with Crippen LogP contribution in [0, 0.1) is 6.92 Å². The number of rotatable bonds is 7. The Bertz CT molecular complexity index is 1060. The lowest BCUT2D eigenvalue weighted by atomic mass is 10.1. The SMILES string of the molecule is COc1ccc(NCc2cc3c(OC)c(OC)c(OC)cc3[nH]c2=O)c(C)c1. The van der Waals surface area contributed by atoms with Crippen LogP contribution in [-0.2, 0) is 6.54 Å². The van der Waals surface area contributed by atoms with Crippen molar-refractivity contribution in [2.45, 2.75) is 13.5 Å². The van der Waals surface area contributed by atoms with Crippen molar-refractivity contribution in [2.24, 2.45) is 0 Å². The average Bonchev–Trinajstić information content (AvgIpc) is 2.71. The van der Waals surface area contributed by atoms with Gasteiger partial charge < -0.3 is 29.2 Å². The number of hydrogen-bond acceptors (Lipinski definition) is 6. The Morgan fingerprint density at radius 1 is 0.929 bits per heavy atom. The van der Waals surface area contributed by atoms with Crippen LogP contribution in [0.25, 0.3) is 10.9 Å². The zero-order chi connectivity index (χ0) is 20.3. The molecule has 0 fully saturated rings. The van der Waals surface area contributed by atoms with E-state index >= 15 is 0 Å². The van der Waals surface area contributed by atoms with Crippen molar-refractivity contribution in [2.75, 3.05) is 33.8 Å². The fourth-order valence-corrected chi connectivity index (χ4v) is 3.15. The van der Waals surface area contributed by atoms with Gasteiger partial charge in [0.2, 0.25) is 5.75 Å². The predicted molar refractivity (Wildman–Crippen MR) is 109 cm³/mol. The van der Waals surface area contributed by atoms with Crippen LogP contribution < -0.4 is 29.8 Å². The lowest BCUT2D eigenvalue weighted by molar-refractivity contribution is 0.327. The summed E-state index contributed by atoms with van der Waals surface area (Å²) in [5.41, 5.74) is 2.97. The van der Waals surface area contributed by atoms with E-state index in [1.807, 2.05) is 25.1 Å². The molecule has 0 amide bonds. The number of anilines is 1. The van der Waals surface area contributed by atoms with Crippen molar-refractivity contribution in [3.05, 3.63) is 51.8 Å². The lowest BCUT2D eigenvalue weighted by Crippen LogP contribution is -2.16. The lowest BCUT2D eigenvalue weighted by Gasteiger charge is -2.15. The van der Waals surface area contributed by atoms with Crippen molar-refractivity contribution in [1.82, 2.24) is 4.98 Å². The second kappa shape index (κ2) is 8.12. The summed E-state index contributed by atoms with van der Waals surface area (Å²) in [6, 6.07) is 9.27. The molecule has 0 saturated carbocycles. The molecule has 7 heteroatoms. The van der Waals surface area contributed by atoms with Crippen LogP contribution in [0.1, 0.15) is 11.1 Å². The maximum absolute atomic E-state index is 12.6. The molecular weight excluding hydrogens is 360 g/mol. The molecule has 0 aliphatic heterocycles. The van der Waals surface area contributed by atoms with Gasteiger partial charge in [-0.3, -0.25) is 4.79 Å². The molecular formula is C21H24N2O5. The van der Waals surface area contributed by atoms with Gasteiger partial charge in [-0.05, 0) is 36.8 Å². The summed E-state index contributed by atoms with van der Waals surface area (Å²) in [6.45, 7) is 2.34. The van der Waals surface area contributed by atoms with Crippen molar-refractivity contribution < 1.29 is 18.9 Å². The summed E-state index contributed by atoms with van der Waals surface area (Å²) in [5.74, 6) is 2.27. The molecule has 3 rings (SSSR count). The first-order valence-corrected chi connectivity index (χ1v) is 8.75. The molecule has 1 aromatic heterocycles. The van der Waals surface area contributed by atoms with Crippen molar-refractivity contribution in [3.8, 4) is 23.0 Å². The van der Waals surface area contributed by atoms with Gasteiger partial charge in [0.1, 0.15) is 5.75 Å². The number of aromatic nitrogens is 1. The second-order valence-corrected chi connectivity index (χ2v) is 6.26. The van der Waals surface area contributed by atoms with Gasteiger partial charge in [-0.1, -0.05) is 0 Å². The van der Waals surface area contributed by atoms with Crippen LogP contribution in [0.2, 0.25) is 0 Å². The van der Waals surface area contributed by atoms with Gasteiger partial charge in [-0.2, -0.15) is 0 Å². The molecule has 0 aliphatic carbocycles. The highest BCUT2D eigenvalue weighted by atomic mass is 16.5. The Morgan fingerprint density at radius 3 is 2.29 bits per heavy atom. The summed E-state index contributed by atoms with van der Waals surface area (Å²) < 4.78 is 21.5. The Hall–Kier alpha value is -3.35. The third-order valence-electron chi connectivity index (χ3n) is 4.63. The number of benzene rings is 2. The fourth-order valence-electron chi connectivity index (χ4n) is 3.15. The maximum Gasteiger partial charge on any atom is 0.253 e. The number of aryl methyl sites for hydroxylation is 1. The van der Waals surface area contributed by atoms with E-state index in [0.29, 0.717) is 34.9 Å². The van der Waals surface area contributed by atoms with Gasteiger partial charge in [-0.15, -0.1) is 0 Å². The standard InChI is InChI=1S/C21H24N2O5/c1-12-8-14(25-2)6-7-16(12)22-11-13-9-15-17(23-21(13)24)10-18(26-3)20(28-5)19(15)27-4/h6-10,22H,11H2,1-5H3,(H,23,24). The number of aromatic amines is 1. The Kier molecular flexibility index (Phi) is 5.63. The summed E-state index contributed by atoms with van der Waals surface area (Å²) in [4.78, 5) is 15.5. The molecule has 0 saturated heterocycles. The first-order chi connectivity index (χ1) is 13.5. The van der Waals surface area contributed by atoms with E-state index in [4.69, 9.17) is 18.9 Å². The largest absolute Gasteiger partial charge is 0.497 e.